The van der Waals surface area contributed by atoms with Gasteiger partial charge < -0.3 is 4.74 Å². The zero-order valence-electron chi connectivity index (χ0n) is 13.8. The van der Waals surface area contributed by atoms with E-state index >= 15 is 0 Å². The van der Waals surface area contributed by atoms with Crippen molar-refractivity contribution in [3.8, 4) is 0 Å². The zero-order chi connectivity index (χ0) is 16.7. The number of rotatable bonds is 9. The largest absolute Gasteiger partial charge is 0.490 e. The Morgan fingerprint density at radius 2 is 1.52 bits per heavy atom. The molecule has 0 aliphatic rings. The van der Waals surface area contributed by atoms with Crippen LogP contribution in [0.3, 0.4) is 0 Å². The number of hydrogen-bond donors (Lipinski definition) is 0. The van der Waals surface area contributed by atoms with Crippen LogP contribution >= 0.6 is 0 Å². The van der Waals surface area contributed by atoms with Crippen LogP contribution in [0.15, 0.2) is 0 Å². The first-order valence-corrected chi connectivity index (χ1v) is 11.4. The summed E-state index contributed by atoms with van der Waals surface area (Å²) >= 11 is 0. The smallest absolute Gasteiger partial charge is 0.456 e. The molecular formula is C15H29F3O2Si. The van der Waals surface area contributed by atoms with Crippen molar-refractivity contribution < 1.29 is 22.7 Å². The third-order valence-electron chi connectivity index (χ3n) is 3.76. The Bertz CT molecular complexity index is 311. The maximum Gasteiger partial charge on any atom is 0.490 e. The van der Waals surface area contributed by atoms with Crippen LogP contribution in [0.4, 0.5) is 13.2 Å². The van der Waals surface area contributed by atoms with Gasteiger partial charge in [-0.2, -0.15) is 13.2 Å². The van der Waals surface area contributed by atoms with Gasteiger partial charge in [0.15, 0.2) is 0 Å². The standard InChI is InChI=1S/C15H29F3O2Si/c1-6-8-10-12(20-14(19)15(16,17)18)13(11-9-7-2)21(3,4)5/h12-13H,6-11H2,1-5H3/t12-,13+/m0/s1. The highest BCUT2D eigenvalue weighted by molar-refractivity contribution is 6.77. The van der Waals surface area contributed by atoms with E-state index in [0.717, 1.165) is 32.1 Å². The summed E-state index contributed by atoms with van der Waals surface area (Å²) in [5, 5.41) is 0. The molecule has 0 aliphatic heterocycles. The van der Waals surface area contributed by atoms with Gasteiger partial charge in [0.25, 0.3) is 0 Å². The van der Waals surface area contributed by atoms with Crippen molar-refractivity contribution in [1.29, 1.82) is 0 Å². The van der Waals surface area contributed by atoms with Crippen LogP contribution in [-0.4, -0.2) is 26.3 Å². The predicted octanol–water partition coefficient (Wildman–Crippen LogP) is 5.55. The van der Waals surface area contributed by atoms with Gasteiger partial charge in [0.2, 0.25) is 0 Å². The molecule has 0 aromatic rings. The van der Waals surface area contributed by atoms with Gasteiger partial charge >= 0.3 is 12.1 Å². The van der Waals surface area contributed by atoms with E-state index in [-0.39, 0.29) is 5.54 Å². The van der Waals surface area contributed by atoms with E-state index in [2.05, 4.69) is 26.6 Å². The molecular weight excluding hydrogens is 297 g/mol. The van der Waals surface area contributed by atoms with Crippen LogP contribution in [0.25, 0.3) is 0 Å². The molecule has 0 radical (unpaired) electrons. The van der Waals surface area contributed by atoms with E-state index in [4.69, 9.17) is 4.74 Å². The summed E-state index contributed by atoms with van der Waals surface area (Å²) < 4.78 is 42.3. The highest BCUT2D eigenvalue weighted by atomic mass is 28.3. The Labute approximate surface area is 127 Å². The van der Waals surface area contributed by atoms with Gasteiger partial charge in [-0.1, -0.05) is 59.2 Å². The molecule has 0 aliphatic carbocycles. The van der Waals surface area contributed by atoms with Crippen LogP contribution in [0.5, 0.6) is 0 Å². The van der Waals surface area contributed by atoms with E-state index < -0.39 is 26.3 Å². The number of esters is 1. The average molecular weight is 326 g/mol. The van der Waals surface area contributed by atoms with Crippen LogP contribution < -0.4 is 0 Å². The van der Waals surface area contributed by atoms with E-state index in [0.29, 0.717) is 6.42 Å². The maximum atomic E-state index is 12.5. The number of alkyl halides is 3. The number of carbonyl (C=O) groups excluding carboxylic acids is 1. The van der Waals surface area contributed by atoms with Crippen LogP contribution in [-0.2, 0) is 9.53 Å². The Kier molecular flexibility index (Phi) is 8.59. The van der Waals surface area contributed by atoms with Crippen molar-refractivity contribution in [3.63, 3.8) is 0 Å². The highest BCUT2D eigenvalue weighted by Crippen LogP contribution is 2.36. The third kappa shape index (κ3) is 7.88. The van der Waals surface area contributed by atoms with E-state index in [1.165, 1.54) is 0 Å². The monoisotopic (exact) mass is 326 g/mol. The summed E-state index contributed by atoms with van der Waals surface area (Å²) in [6.07, 6.45) is -0.523. The predicted molar refractivity (Wildman–Crippen MR) is 82.1 cm³/mol. The lowest BCUT2D eigenvalue weighted by Crippen LogP contribution is -2.41. The van der Waals surface area contributed by atoms with Gasteiger partial charge in [-0.25, -0.2) is 4.79 Å². The van der Waals surface area contributed by atoms with Gasteiger partial charge in [0, 0.05) is 0 Å². The molecule has 6 heteroatoms. The lowest BCUT2D eigenvalue weighted by molar-refractivity contribution is -0.205. The molecule has 0 fully saturated rings. The van der Waals surface area contributed by atoms with Crippen LogP contribution in [0, 0.1) is 0 Å². The van der Waals surface area contributed by atoms with Crippen molar-refractivity contribution in [1.82, 2.24) is 0 Å². The fraction of sp³-hybridized carbons (Fsp3) is 0.933. The van der Waals surface area contributed by atoms with Crippen LogP contribution in [0.2, 0.25) is 25.2 Å². The summed E-state index contributed by atoms with van der Waals surface area (Å²) in [5.41, 5.74) is 0.0790. The topological polar surface area (TPSA) is 26.3 Å². The summed E-state index contributed by atoms with van der Waals surface area (Å²) in [6, 6.07) is 0. The van der Waals surface area contributed by atoms with E-state index in [1.54, 1.807) is 0 Å². The van der Waals surface area contributed by atoms with Gasteiger partial charge in [0.1, 0.15) is 6.10 Å². The second-order valence-electron chi connectivity index (χ2n) is 6.70. The van der Waals surface area contributed by atoms with Crippen LogP contribution in [0.1, 0.15) is 52.4 Å². The second kappa shape index (κ2) is 8.81. The molecule has 0 aromatic carbocycles. The van der Waals surface area contributed by atoms with E-state index in [9.17, 15) is 18.0 Å². The summed E-state index contributed by atoms with van der Waals surface area (Å²) in [4.78, 5) is 11.2. The van der Waals surface area contributed by atoms with Crippen molar-refractivity contribution in [3.05, 3.63) is 0 Å². The third-order valence-corrected chi connectivity index (χ3v) is 6.65. The second-order valence-corrected chi connectivity index (χ2v) is 12.2. The number of hydrogen-bond acceptors (Lipinski definition) is 2. The molecule has 2 nitrogen and oxygen atoms in total. The van der Waals surface area contributed by atoms with Crippen molar-refractivity contribution in [2.24, 2.45) is 0 Å². The van der Waals surface area contributed by atoms with Gasteiger partial charge in [-0.3, -0.25) is 0 Å². The highest BCUT2D eigenvalue weighted by Gasteiger charge is 2.44. The Balaban J connectivity index is 5.08. The van der Waals surface area contributed by atoms with Crippen molar-refractivity contribution >= 4 is 14.0 Å². The molecule has 0 saturated heterocycles. The minimum atomic E-state index is -4.90. The summed E-state index contributed by atoms with van der Waals surface area (Å²) in [5.74, 6) is -2.04. The first-order valence-electron chi connectivity index (χ1n) is 7.81. The molecule has 0 amide bonds. The maximum absolute atomic E-state index is 12.5. The van der Waals surface area contributed by atoms with Gasteiger partial charge in [-0.15, -0.1) is 0 Å². The van der Waals surface area contributed by atoms with E-state index in [1.807, 2.05) is 6.92 Å². The SMILES string of the molecule is CCCC[C@H](OC(=O)C(F)(F)F)[C@@H](CCCC)[Si](C)(C)C. The number of halogens is 3. The Morgan fingerprint density at radius 3 is 1.90 bits per heavy atom. The molecule has 0 spiro atoms. The molecule has 0 rings (SSSR count). The molecule has 0 unspecified atom stereocenters. The molecule has 0 saturated carbocycles. The number of ether oxygens (including phenoxy) is 1. The minimum Gasteiger partial charge on any atom is -0.456 e. The minimum absolute atomic E-state index is 0.0790. The van der Waals surface area contributed by atoms with Gasteiger partial charge in [-0.05, 0) is 18.4 Å². The molecule has 0 heterocycles. The summed E-state index contributed by atoms with van der Waals surface area (Å²) in [6.45, 7) is 10.4. The molecule has 21 heavy (non-hydrogen) atoms. The molecule has 0 N–H and O–H groups in total. The lowest BCUT2D eigenvalue weighted by Gasteiger charge is -2.35. The zero-order valence-corrected chi connectivity index (χ0v) is 14.8. The fourth-order valence-corrected chi connectivity index (χ4v) is 4.97. The normalized spacial score (nSPS) is 15.6. The fourth-order valence-electron chi connectivity index (χ4n) is 2.55. The Hall–Kier alpha value is -0.523. The summed E-state index contributed by atoms with van der Waals surface area (Å²) in [7, 11) is -1.71. The lowest BCUT2D eigenvalue weighted by atomic mass is 10.0. The molecule has 0 aromatic heterocycles. The van der Waals surface area contributed by atoms with Gasteiger partial charge in [0.05, 0.1) is 8.07 Å². The number of unbranched alkanes of at least 4 members (excludes halogenated alkanes) is 2. The van der Waals surface area contributed by atoms with Crippen molar-refractivity contribution in [2.45, 2.75) is 89.8 Å². The first-order chi connectivity index (χ1) is 9.54. The van der Waals surface area contributed by atoms with Crippen molar-refractivity contribution in [2.75, 3.05) is 0 Å². The number of carbonyl (C=O) groups is 1. The molecule has 0 bridgehead atoms. The quantitative estimate of drug-likeness (QED) is 0.410. The Morgan fingerprint density at radius 1 is 1.05 bits per heavy atom. The molecule has 2 atom stereocenters. The first kappa shape index (κ1) is 20.5. The molecule has 126 valence electrons. The average Bonchev–Trinajstić information content (AvgIpc) is 2.32.